The van der Waals surface area contributed by atoms with Crippen LogP contribution in [-0.4, -0.2) is 38.3 Å². The number of ether oxygens (including phenoxy) is 1. The normalized spacial score (nSPS) is 33.6. The fourth-order valence-corrected chi connectivity index (χ4v) is 2.70. The highest BCUT2D eigenvalue weighted by molar-refractivity contribution is 5.81. The molecule has 2 fully saturated rings. The molecule has 17 heavy (non-hydrogen) atoms. The van der Waals surface area contributed by atoms with Crippen molar-refractivity contribution in [3.05, 3.63) is 0 Å². The molecule has 2 saturated heterocycles. The number of amides is 1. The van der Waals surface area contributed by atoms with Crippen molar-refractivity contribution in [1.82, 2.24) is 10.6 Å². The molecular weight excluding hydrogens is 216 g/mol. The third-order valence-electron chi connectivity index (χ3n) is 3.90. The lowest BCUT2D eigenvalue weighted by molar-refractivity contribution is -0.131. The van der Waals surface area contributed by atoms with E-state index in [1.807, 2.05) is 0 Å². The molecule has 0 aliphatic carbocycles. The number of rotatable bonds is 4. The summed E-state index contributed by atoms with van der Waals surface area (Å²) >= 11 is 0. The molecule has 3 unspecified atom stereocenters. The van der Waals surface area contributed by atoms with E-state index in [2.05, 4.69) is 17.6 Å². The van der Waals surface area contributed by atoms with E-state index in [0.717, 1.165) is 45.0 Å². The van der Waals surface area contributed by atoms with Crippen molar-refractivity contribution in [1.29, 1.82) is 0 Å². The van der Waals surface area contributed by atoms with Gasteiger partial charge in [0, 0.05) is 13.2 Å². The Labute approximate surface area is 103 Å². The zero-order valence-electron chi connectivity index (χ0n) is 10.7. The predicted octanol–water partition coefficient (Wildman–Crippen LogP) is 0.917. The second-order valence-electron chi connectivity index (χ2n) is 5.35. The molecule has 1 amide bonds. The quantitative estimate of drug-likeness (QED) is 0.768. The maximum Gasteiger partial charge on any atom is 0.249 e. The van der Waals surface area contributed by atoms with Gasteiger partial charge in [-0.25, -0.2) is 0 Å². The molecule has 2 N–H and O–H groups in total. The summed E-state index contributed by atoms with van der Waals surface area (Å²) in [5.74, 6) is 1.18. The highest BCUT2D eigenvalue weighted by Crippen LogP contribution is 2.20. The fraction of sp³-hybridized carbons (Fsp3) is 0.923. The Morgan fingerprint density at radius 3 is 3.00 bits per heavy atom. The summed E-state index contributed by atoms with van der Waals surface area (Å²) in [6, 6.07) is 0. The molecular formula is C13H24N2O2. The fourth-order valence-electron chi connectivity index (χ4n) is 2.70. The summed E-state index contributed by atoms with van der Waals surface area (Å²) in [4.78, 5) is 11.8. The van der Waals surface area contributed by atoms with Gasteiger partial charge in [0.1, 0.15) is 6.10 Å². The molecule has 0 spiro atoms. The number of hydrogen-bond acceptors (Lipinski definition) is 3. The van der Waals surface area contributed by atoms with Crippen LogP contribution in [0.15, 0.2) is 0 Å². The van der Waals surface area contributed by atoms with E-state index in [1.54, 1.807) is 0 Å². The highest BCUT2D eigenvalue weighted by Gasteiger charge is 2.30. The number of carbonyl (C=O) groups excluding carboxylic acids is 1. The van der Waals surface area contributed by atoms with Gasteiger partial charge in [-0.15, -0.1) is 0 Å². The average molecular weight is 240 g/mol. The molecule has 4 heteroatoms. The summed E-state index contributed by atoms with van der Waals surface area (Å²) < 4.78 is 5.45. The first kappa shape index (κ1) is 12.8. The Morgan fingerprint density at radius 1 is 1.47 bits per heavy atom. The van der Waals surface area contributed by atoms with Crippen molar-refractivity contribution >= 4 is 5.91 Å². The maximum absolute atomic E-state index is 11.8. The lowest BCUT2D eigenvalue weighted by atomic mass is 9.96. The Balaban J connectivity index is 1.62. The van der Waals surface area contributed by atoms with Gasteiger partial charge in [0.2, 0.25) is 5.91 Å². The van der Waals surface area contributed by atoms with Crippen molar-refractivity contribution in [2.24, 2.45) is 11.8 Å². The van der Waals surface area contributed by atoms with Gasteiger partial charge in [-0.05, 0) is 50.6 Å². The van der Waals surface area contributed by atoms with Crippen LogP contribution in [-0.2, 0) is 9.53 Å². The van der Waals surface area contributed by atoms with Crippen LogP contribution in [0.4, 0.5) is 0 Å². The molecule has 2 heterocycles. The third-order valence-corrected chi connectivity index (χ3v) is 3.90. The number of nitrogens with one attached hydrogen (secondary N) is 2. The van der Waals surface area contributed by atoms with Crippen LogP contribution in [0.3, 0.4) is 0 Å². The smallest absolute Gasteiger partial charge is 0.249 e. The molecule has 3 atom stereocenters. The van der Waals surface area contributed by atoms with E-state index in [1.165, 1.54) is 12.8 Å². The van der Waals surface area contributed by atoms with Crippen LogP contribution in [0.1, 0.15) is 32.6 Å². The van der Waals surface area contributed by atoms with Gasteiger partial charge >= 0.3 is 0 Å². The van der Waals surface area contributed by atoms with Crippen molar-refractivity contribution in [2.45, 2.75) is 38.7 Å². The second-order valence-corrected chi connectivity index (χ2v) is 5.35. The van der Waals surface area contributed by atoms with Gasteiger partial charge in [-0.3, -0.25) is 4.79 Å². The van der Waals surface area contributed by atoms with Crippen LogP contribution in [0.25, 0.3) is 0 Å². The Hall–Kier alpha value is -0.610. The minimum Gasteiger partial charge on any atom is -0.368 e. The highest BCUT2D eigenvalue weighted by atomic mass is 16.5. The van der Waals surface area contributed by atoms with E-state index in [-0.39, 0.29) is 12.0 Å². The largest absolute Gasteiger partial charge is 0.368 e. The summed E-state index contributed by atoms with van der Waals surface area (Å²) in [7, 11) is 0. The molecule has 0 radical (unpaired) electrons. The minimum absolute atomic E-state index is 0.0822. The Morgan fingerprint density at radius 2 is 2.35 bits per heavy atom. The van der Waals surface area contributed by atoms with Crippen LogP contribution in [0.5, 0.6) is 0 Å². The van der Waals surface area contributed by atoms with Gasteiger partial charge in [0.25, 0.3) is 0 Å². The standard InChI is InChI=1S/C13H24N2O2/c1-10-5-8-17-12(10)13(16)15-7-4-11-3-2-6-14-9-11/h10-12,14H,2-9H2,1H3,(H,15,16). The molecule has 2 aliphatic heterocycles. The maximum atomic E-state index is 11.8. The number of hydrogen-bond donors (Lipinski definition) is 2. The van der Waals surface area contributed by atoms with Gasteiger partial charge in [-0.1, -0.05) is 6.92 Å². The van der Waals surface area contributed by atoms with Crippen LogP contribution in [0.2, 0.25) is 0 Å². The molecule has 4 nitrogen and oxygen atoms in total. The molecule has 98 valence electrons. The number of piperidine rings is 1. The first-order chi connectivity index (χ1) is 8.27. The summed E-state index contributed by atoms with van der Waals surface area (Å²) in [6.45, 7) is 5.86. The lowest BCUT2D eigenvalue weighted by Crippen LogP contribution is -2.39. The molecule has 0 aromatic heterocycles. The topological polar surface area (TPSA) is 50.4 Å². The lowest BCUT2D eigenvalue weighted by Gasteiger charge is -2.23. The first-order valence-electron chi connectivity index (χ1n) is 6.87. The van der Waals surface area contributed by atoms with E-state index >= 15 is 0 Å². The SMILES string of the molecule is CC1CCOC1C(=O)NCCC1CCCNC1. The van der Waals surface area contributed by atoms with Crippen molar-refractivity contribution in [2.75, 3.05) is 26.2 Å². The Bertz CT molecular complexity index is 252. The minimum atomic E-state index is -0.209. The monoisotopic (exact) mass is 240 g/mol. The molecule has 2 aliphatic rings. The molecule has 0 bridgehead atoms. The van der Waals surface area contributed by atoms with Crippen molar-refractivity contribution in [3.8, 4) is 0 Å². The molecule has 0 aromatic rings. The summed E-state index contributed by atoms with van der Waals surface area (Å²) in [5, 5.41) is 6.41. The molecule has 2 rings (SSSR count). The van der Waals surface area contributed by atoms with Gasteiger partial charge in [-0.2, -0.15) is 0 Å². The molecule has 0 aromatic carbocycles. The summed E-state index contributed by atoms with van der Waals surface area (Å²) in [5.41, 5.74) is 0. The van der Waals surface area contributed by atoms with Gasteiger partial charge in [0.05, 0.1) is 0 Å². The van der Waals surface area contributed by atoms with E-state index < -0.39 is 0 Å². The Kier molecular flexibility index (Phi) is 4.80. The predicted molar refractivity (Wildman–Crippen MR) is 66.7 cm³/mol. The first-order valence-corrected chi connectivity index (χ1v) is 6.87. The molecule has 0 saturated carbocycles. The average Bonchev–Trinajstić information content (AvgIpc) is 2.77. The zero-order valence-corrected chi connectivity index (χ0v) is 10.7. The van der Waals surface area contributed by atoms with E-state index in [4.69, 9.17) is 4.74 Å². The third kappa shape index (κ3) is 3.68. The van der Waals surface area contributed by atoms with Gasteiger partial charge in [0.15, 0.2) is 0 Å². The zero-order chi connectivity index (χ0) is 12.1. The van der Waals surface area contributed by atoms with Crippen LogP contribution >= 0.6 is 0 Å². The number of carbonyl (C=O) groups is 1. The van der Waals surface area contributed by atoms with Gasteiger partial charge < -0.3 is 15.4 Å². The second kappa shape index (κ2) is 6.36. The van der Waals surface area contributed by atoms with Crippen molar-refractivity contribution in [3.63, 3.8) is 0 Å². The van der Waals surface area contributed by atoms with Crippen LogP contribution in [0, 0.1) is 11.8 Å². The van der Waals surface area contributed by atoms with Crippen LogP contribution < -0.4 is 10.6 Å². The van der Waals surface area contributed by atoms with E-state index in [9.17, 15) is 4.79 Å². The summed E-state index contributed by atoms with van der Waals surface area (Å²) in [6.07, 6.45) is 4.44. The van der Waals surface area contributed by atoms with E-state index in [0.29, 0.717) is 5.92 Å². The van der Waals surface area contributed by atoms with Crippen molar-refractivity contribution < 1.29 is 9.53 Å².